The normalized spacial score (nSPS) is 12.3. The Hall–Kier alpha value is -2.61. The van der Waals surface area contributed by atoms with Gasteiger partial charge in [0, 0.05) is 0 Å². The van der Waals surface area contributed by atoms with Gasteiger partial charge in [0.25, 0.3) is 0 Å². The van der Waals surface area contributed by atoms with E-state index in [2.05, 4.69) is 12.2 Å². The zero-order valence-corrected chi connectivity index (χ0v) is 17.0. The fourth-order valence-corrected chi connectivity index (χ4v) is 3.88. The van der Waals surface area contributed by atoms with Crippen molar-refractivity contribution in [2.45, 2.75) is 26.3 Å². The fourth-order valence-electron chi connectivity index (χ4n) is 2.71. The first-order chi connectivity index (χ1) is 13.2. The van der Waals surface area contributed by atoms with Crippen LogP contribution < -0.4 is 14.4 Å². The number of amides is 1. The zero-order chi connectivity index (χ0) is 20.7. The summed E-state index contributed by atoms with van der Waals surface area (Å²) in [6.07, 6.45) is 1.95. The van der Waals surface area contributed by atoms with Crippen LogP contribution in [-0.2, 0) is 21.2 Å². The molecule has 0 aliphatic rings. The molecule has 1 atom stereocenters. The van der Waals surface area contributed by atoms with Crippen LogP contribution >= 0.6 is 0 Å². The Labute approximate surface area is 165 Å². The topological polar surface area (TPSA) is 75.7 Å². The van der Waals surface area contributed by atoms with Crippen LogP contribution in [0.5, 0.6) is 5.75 Å². The number of sulfonamides is 1. The molecule has 1 amide bonds. The Morgan fingerprint density at radius 3 is 2.29 bits per heavy atom. The average Bonchev–Trinajstić information content (AvgIpc) is 2.66. The van der Waals surface area contributed by atoms with Gasteiger partial charge in [-0.2, -0.15) is 0 Å². The van der Waals surface area contributed by atoms with Crippen molar-refractivity contribution in [2.24, 2.45) is 0 Å². The molecular weight excluding hydrogens is 383 g/mol. The van der Waals surface area contributed by atoms with Crippen LogP contribution in [0.2, 0.25) is 0 Å². The van der Waals surface area contributed by atoms with Crippen molar-refractivity contribution in [3.63, 3.8) is 0 Å². The highest BCUT2D eigenvalue weighted by Gasteiger charge is 2.28. The van der Waals surface area contributed by atoms with Gasteiger partial charge in [0.15, 0.2) is 0 Å². The molecule has 0 aromatic heterocycles. The maximum absolute atomic E-state index is 13.1. The number of hydrogen-bond donors (Lipinski definition) is 1. The fraction of sp³-hybridized carbons (Fsp3) is 0.350. The minimum Gasteiger partial charge on any atom is -0.492 e. The highest BCUT2D eigenvalue weighted by molar-refractivity contribution is 7.92. The zero-order valence-electron chi connectivity index (χ0n) is 16.2. The molecule has 0 radical (unpaired) electrons. The molecule has 2 aromatic carbocycles. The van der Waals surface area contributed by atoms with Crippen molar-refractivity contribution in [3.8, 4) is 5.75 Å². The molecule has 0 spiro atoms. The maximum Gasteiger partial charge on any atom is 0.243 e. The third-order valence-corrected chi connectivity index (χ3v) is 5.41. The van der Waals surface area contributed by atoms with Crippen LogP contribution in [0.1, 0.15) is 19.4 Å². The van der Waals surface area contributed by atoms with E-state index in [1.54, 1.807) is 0 Å². The third-order valence-electron chi connectivity index (χ3n) is 4.17. The lowest BCUT2D eigenvalue weighted by Gasteiger charge is -2.28. The Morgan fingerprint density at radius 2 is 1.75 bits per heavy atom. The van der Waals surface area contributed by atoms with Crippen LogP contribution in [0.15, 0.2) is 48.5 Å². The number of nitrogens with one attached hydrogen (secondary N) is 1. The lowest BCUT2D eigenvalue weighted by Crippen LogP contribution is -2.48. The first kappa shape index (κ1) is 21.7. The second kappa shape index (κ2) is 9.54. The molecule has 0 saturated heterocycles. The van der Waals surface area contributed by atoms with E-state index in [-0.39, 0.29) is 18.8 Å². The summed E-state index contributed by atoms with van der Waals surface area (Å²) >= 11 is 0. The van der Waals surface area contributed by atoms with E-state index < -0.39 is 27.8 Å². The summed E-state index contributed by atoms with van der Waals surface area (Å²) in [5.41, 5.74) is 1.43. The van der Waals surface area contributed by atoms with Crippen LogP contribution in [0.4, 0.5) is 10.1 Å². The molecule has 2 rings (SSSR count). The van der Waals surface area contributed by atoms with E-state index in [0.29, 0.717) is 5.75 Å². The molecule has 0 aliphatic carbocycles. The molecule has 28 heavy (non-hydrogen) atoms. The SMILES string of the molecule is CCc1ccc(OCCNC(=O)[C@H](C)N(c2ccc(F)cc2)S(C)(=O)=O)cc1. The first-order valence-corrected chi connectivity index (χ1v) is 10.8. The van der Waals surface area contributed by atoms with Crippen LogP contribution in [-0.4, -0.2) is 39.8 Å². The molecule has 0 fully saturated rings. The van der Waals surface area contributed by atoms with Crippen LogP contribution in [0.25, 0.3) is 0 Å². The van der Waals surface area contributed by atoms with Crippen LogP contribution in [0.3, 0.4) is 0 Å². The Morgan fingerprint density at radius 1 is 1.14 bits per heavy atom. The monoisotopic (exact) mass is 408 g/mol. The van der Waals surface area contributed by atoms with Gasteiger partial charge in [-0.25, -0.2) is 12.8 Å². The van der Waals surface area contributed by atoms with E-state index in [1.807, 2.05) is 24.3 Å². The van der Waals surface area contributed by atoms with Crippen molar-refractivity contribution >= 4 is 21.6 Å². The summed E-state index contributed by atoms with van der Waals surface area (Å²) < 4.78 is 44.0. The van der Waals surface area contributed by atoms with Gasteiger partial charge in [-0.15, -0.1) is 0 Å². The number of halogens is 1. The van der Waals surface area contributed by atoms with Crippen molar-refractivity contribution in [2.75, 3.05) is 23.7 Å². The van der Waals surface area contributed by atoms with Crippen molar-refractivity contribution in [1.82, 2.24) is 5.32 Å². The third kappa shape index (κ3) is 5.95. The predicted molar refractivity (Wildman–Crippen MR) is 108 cm³/mol. The summed E-state index contributed by atoms with van der Waals surface area (Å²) in [7, 11) is -3.74. The minimum atomic E-state index is -3.74. The first-order valence-electron chi connectivity index (χ1n) is 8.96. The molecular formula is C20H25FN2O4S. The summed E-state index contributed by atoms with van der Waals surface area (Å²) in [6.45, 7) is 4.02. The second-order valence-electron chi connectivity index (χ2n) is 6.35. The summed E-state index contributed by atoms with van der Waals surface area (Å²) in [4.78, 5) is 12.4. The van der Waals surface area contributed by atoms with E-state index >= 15 is 0 Å². The smallest absolute Gasteiger partial charge is 0.243 e. The number of carbonyl (C=O) groups is 1. The Bertz CT molecular complexity index is 883. The molecule has 0 bridgehead atoms. The molecule has 0 saturated carbocycles. The maximum atomic E-state index is 13.1. The molecule has 6 nitrogen and oxygen atoms in total. The number of nitrogens with zero attached hydrogens (tertiary/aromatic N) is 1. The molecule has 1 N–H and O–H groups in total. The van der Waals surface area contributed by atoms with Gasteiger partial charge >= 0.3 is 0 Å². The average molecular weight is 408 g/mol. The largest absolute Gasteiger partial charge is 0.492 e. The van der Waals surface area contributed by atoms with Gasteiger partial charge in [0.05, 0.1) is 18.5 Å². The number of rotatable bonds is 9. The summed E-state index contributed by atoms with van der Waals surface area (Å²) in [6, 6.07) is 11.6. The van der Waals surface area contributed by atoms with E-state index in [9.17, 15) is 17.6 Å². The quantitative estimate of drug-likeness (QED) is 0.648. The molecule has 0 heterocycles. The molecule has 0 unspecified atom stereocenters. The van der Waals surface area contributed by atoms with Crippen molar-refractivity contribution in [3.05, 3.63) is 59.9 Å². The number of ether oxygens (including phenoxy) is 1. The van der Waals surface area contributed by atoms with Gasteiger partial charge in [-0.1, -0.05) is 19.1 Å². The highest BCUT2D eigenvalue weighted by Crippen LogP contribution is 2.21. The predicted octanol–water partition coefficient (Wildman–Crippen LogP) is 2.74. The van der Waals surface area contributed by atoms with Gasteiger partial charge in [-0.3, -0.25) is 9.10 Å². The van der Waals surface area contributed by atoms with Crippen molar-refractivity contribution < 1.29 is 22.3 Å². The van der Waals surface area contributed by atoms with Gasteiger partial charge in [0.2, 0.25) is 15.9 Å². The standard InChI is InChI=1S/C20H25FN2O4S/c1-4-16-5-11-19(12-6-16)27-14-13-22-20(24)15(2)23(28(3,25)26)18-9-7-17(21)8-10-18/h5-12,15H,4,13-14H2,1-3H3,(H,22,24)/t15-/m0/s1. The number of carbonyl (C=O) groups excluding carboxylic acids is 1. The van der Waals surface area contributed by atoms with Gasteiger partial charge < -0.3 is 10.1 Å². The molecule has 2 aromatic rings. The number of hydrogen-bond acceptors (Lipinski definition) is 4. The lowest BCUT2D eigenvalue weighted by molar-refractivity contribution is -0.121. The minimum absolute atomic E-state index is 0.221. The van der Waals surface area contributed by atoms with Crippen LogP contribution in [0, 0.1) is 5.82 Å². The molecule has 8 heteroatoms. The summed E-state index contributed by atoms with van der Waals surface area (Å²) in [5.74, 6) is -0.262. The van der Waals surface area contributed by atoms with E-state index in [0.717, 1.165) is 29.1 Å². The van der Waals surface area contributed by atoms with Crippen molar-refractivity contribution in [1.29, 1.82) is 0 Å². The lowest BCUT2D eigenvalue weighted by atomic mass is 10.2. The van der Waals surface area contributed by atoms with E-state index in [4.69, 9.17) is 4.74 Å². The van der Waals surface area contributed by atoms with Gasteiger partial charge in [-0.05, 0) is 55.3 Å². The summed E-state index contributed by atoms with van der Waals surface area (Å²) in [5, 5.41) is 2.66. The Balaban J connectivity index is 1.94. The highest BCUT2D eigenvalue weighted by atomic mass is 32.2. The number of benzene rings is 2. The van der Waals surface area contributed by atoms with Gasteiger partial charge in [0.1, 0.15) is 24.2 Å². The van der Waals surface area contributed by atoms with E-state index in [1.165, 1.54) is 24.6 Å². The number of aryl methyl sites for hydroxylation is 1. The second-order valence-corrected chi connectivity index (χ2v) is 8.21. The molecule has 152 valence electrons. The number of anilines is 1. The Kier molecular flexibility index (Phi) is 7.39. The molecule has 0 aliphatic heterocycles.